The maximum absolute atomic E-state index is 12.8. The van der Waals surface area contributed by atoms with E-state index in [-0.39, 0.29) is 23.0 Å². The highest BCUT2D eigenvalue weighted by Crippen LogP contribution is 2.26. The molecule has 2 amide bonds. The van der Waals surface area contributed by atoms with Crippen molar-refractivity contribution in [1.29, 1.82) is 0 Å². The molecule has 0 saturated carbocycles. The number of thiazole rings is 1. The Morgan fingerprint density at radius 2 is 2.00 bits per heavy atom. The molecule has 8 nitrogen and oxygen atoms in total. The van der Waals surface area contributed by atoms with Crippen molar-refractivity contribution in [3.8, 4) is 0 Å². The number of nitrogens with zero attached hydrogens (tertiary/aromatic N) is 1. The smallest absolute Gasteiger partial charge is 0.335 e. The average molecular weight is 478 g/mol. The lowest BCUT2D eigenvalue weighted by atomic mass is 10.1. The first kappa shape index (κ1) is 21.4. The van der Waals surface area contributed by atoms with Gasteiger partial charge in [0.05, 0.1) is 38.6 Å². The van der Waals surface area contributed by atoms with Crippen molar-refractivity contribution in [2.45, 2.75) is 19.6 Å². The van der Waals surface area contributed by atoms with E-state index in [4.69, 9.17) is 16.3 Å². The minimum atomic E-state index is -1.12. The topological polar surface area (TPSA) is 118 Å². The number of amides is 2. The highest BCUT2D eigenvalue weighted by molar-refractivity contribution is 7.18. The Hall–Kier alpha value is -2.79. The van der Waals surface area contributed by atoms with Crippen LogP contribution < -0.4 is 10.6 Å². The van der Waals surface area contributed by atoms with Gasteiger partial charge in [0, 0.05) is 18.7 Å². The maximum atomic E-state index is 12.8. The molecule has 0 unspecified atom stereocenters. The standard InChI is InChI=1S/C20H16ClN3O5S2/c21-16-4-3-14(30-16)17(25)22-8-11-2-1-10(20(27)28)7-13(11)23-18(26)19-24-12-5-6-29-9-15(12)31-19/h1-4,7H,5-6,8-9H2,(H,22,25)(H,23,26)(H,27,28). The number of carbonyl (C=O) groups excluding carboxylic acids is 2. The number of carboxylic acids is 1. The molecule has 0 radical (unpaired) electrons. The molecule has 0 aliphatic carbocycles. The van der Waals surface area contributed by atoms with Crippen LogP contribution in [0.25, 0.3) is 0 Å². The third kappa shape index (κ3) is 4.93. The van der Waals surface area contributed by atoms with E-state index in [9.17, 15) is 19.5 Å². The van der Waals surface area contributed by atoms with Crippen LogP contribution in [0.3, 0.4) is 0 Å². The van der Waals surface area contributed by atoms with E-state index in [0.29, 0.717) is 40.1 Å². The first-order valence-corrected chi connectivity index (χ1v) is 11.2. The number of carboxylic acid groups (broad SMARTS) is 1. The van der Waals surface area contributed by atoms with Gasteiger partial charge in [-0.05, 0) is 29.8 Å². The number of aromatic nitrogens is 1. The molecule has 0 bridgehead atoms. The number of anilines is 1. The first-order valence-electron chi connectivity index (χ1n) is 9.18. The molecule has 2 aromatic heterocycles. The fourth-order valence-corrected chi connectivity index (χ4v) is 4.88. The van der Waals surface area contributed by atoms with Gasteiger partial charge in [-0.2, -0.15) is 0 Å². The second-order valence-electron chi connectivity index (χ2n) is 6.61. The van der Waals surface area contributed by atoms with Gasteiger partial charge in [0.1, 0.15) is 0 Å². The van der Waals surface area contributed by atoms with Gasteiger partial charge in [-0.3, -0.25) is 9.59 Å². The van der Waals surface area contributed by atoms with Crippen LogP contribution >= 0.6 is 34.3 Å². The number of aromatic carboxylic acids is 1. The number of thiophene rings is 1. The average Bonchev–Trinajstić information content (AvgIpc) is 3.38. The molecule has 0 saturated heterocycles. The molecule has 1 aliphatic heterocycles. The Morgan fingerprint density at radius 3 is 2.71 bits per heavy atom. The molecular weight excluding hydrogens is 462 g/mol. The molecule has 3 heterocycles. The quantitative estimate of drug-likeness (QED) is 0.497. The highest BCUT2D eigenvalue weighted by atomic mass is 35.5. The molecule has 1 aliphatic rings. The lowest BCUT2D eigenvalue weighted by Crippen LogP contribution is -2.23. The molecule has 11 heteroatoms. The van der Waals surface area contributed by atoms with Crippen LogP contribution in [0.1, 0.15) is 46.0 Å². The van der Waals surface area contributed by atoms with Gasteiger partial charge in [0.15, 0.2) is 5.01 Å². The summed E-state index contributed by atoms with van der Waals surface area (Å²) in [4.78, 5) is 42.2. The lowest BCUT2D eigenvalue weighted by Gasteiger charge is -2.12. The normalized spacial score (nSPS) is 12.8. The number of carbonyl (C=O) groups is 3. The minimum absolute atomic E-state index is 0.0160. The third-order valence-electron chi connectivity index (χ3n) is 4.53. The Balaban J connectivity index is 1.53. The second-order valence-corrected chi connectivity index (χ2v) is 9.41. The zero-order chi connectivity index (χ0) is 22.0. The van der Waals surface area contributed by atoms with Crippen LogP contribution in [0.4, 0.5) is 5.69 Å². The molecule has 0 atom stereocenters. The summed E-state index contributed by atoms with van der Waals surface area (Å²) in [5.74, 6) is -1.88. The van der Waals surface area contributed by atoms with Gasteiger partial charge in [-0.1, -0.05) is 17.7 Å². The van der Waals surface area contributed by atoms with Gasteiger partial charge in [-0.15, -0.1) is 22.7 Å². The van der Waals surface area contributed by atoms with Crippen molar-refractivity contribution in [3.05, 3.63) is 66.3 Å². The SMILES string of the molecule is O=C(O)c1ccc(CNC(=O)c2ccc(Cl)s2)c(NC(=O)c2nc3c(s2)COCC3)c1. The van der Waals surface area contributed by atoms with Crippen LogP contribution in [-0.4, -0.2) is 34.5 Å². The van der Waals surface area contributed by atoms with E-state index in [1.165, 1.54) is 23.5 Å². The Labute approximate surface area is 189 Å². The van der Waals surface area contributed by atoms with Crippen LogP contribution in [0, 0.1) is 0 Å². The van der Waals surface area contributed by atoms with E-state index >= 15 is 0 Å². The third-order valence-corrected chi connectivity index (χ3v) is 6.83. The number of ether oxygens (including phenoxy) is 1. The summed E-state index contributed by atoms with van der Waals surface area (Å²) in [6.07, 6.45) is 0.650. The summed E-state index contributed by atoms with van der Waals surface area (Å²) in [5.41, 5.74) is 1.71. The van der Waals surface area contributed by atoms with Gasteiger partial charge in [0.25, 0.3) is 11.8 Å². The predicted molar refractivity (Wildman–Crippen MR) is 117 cm³/mol. The Bertz CT molecular complexity index is 1150. The molecule has 0 spiro atoms. The number of hydrogen-bond acceptors (Lipinski definition) is 7. The Morgan fingerprint density at radius 1 is 1.16 bits per heavy atom. The van der Waals surface area contributed by atoms with Crippen molar-refractivity contribution in [1.82, 2.24) is 10.3 Å². The predicted octanol–water partition coefficient (Wildman–Crippen LogP) is 3.81. The van der Waals surface area contributed by atoms with Crippen LogP contribution in [0.15, 0.2) is 30.3 Å². The molecule has 4 rings (SSSR count). The number of nitrogens with one attached hydrogen (secondary N) is 2. The van der Waals surface area contributed by atoms with Crippen LogP contribution in [0.2, 0.25) is 4.34 Å². The fourth-order valence-electron chi connectivity index (χ4n) is 2.98. The van der Waals surface area contributed by atoms with Crippen molar-refractivity contribution in [3.63, 3.8) is 0 Å². The zero-order valence-corrected chi connectivity index (χ0v) is 18.3. The van der Waals surface area contributed by atoms with E-state index in [2.05, 4.69) is 15.6 Å². The van der Waals surface area contributed by atoms with E-state index < -0.39 is 11.9 Å². The van der Waals surface area contributed by atoms with Gasteiger partial charge >= 0.3 is 5.97 Å². The number of benzene rings is 1. The summed E-state index contributed by atoms with van der Waals surface area (Å²) in [6.45, 7) is 1.09. The van der Waals surface area contributed by atoms with Gasteiger partial charge < -0.3 is 20.5 Å². The molecule has 3 N–H and O–H groups in total. The summed E-state index contributed by atoms with van der Waals surface area (Å²) in [5, 5.41) is 15.1. The van der Waals surface area contributed by atoms with Crippen LogP contribution in [-0.2, 0) is 24.3 Å². The summed E-state index contributed by atoms with van der Waals surface area (Å²) in [7, 11) is 0. The van der Waals surface area contributed by atoms with Crippen molar-refractivity contribution < 1.29 is 24.2 Å². The van der Waals surface area contributed by atoms with E-state index in [1.54, 1.807) is 18.2 Å². The molecule has 3 aromatic rings. The Kier molecular flexibility index (Phi) is 6.33. The number of rotatable bonds is 6. The summed E-state index contributed by atoms with van der Waals surface area (Å²) >= 11 is 8.27. The largest absolute Gasteiger partial charge is 0.478 e. The molecule has 1 aromatic carbocycles. The monoisotopic (exact) mass is 477 g/mol. The lowest BCUT2D eigenvalue weighted by molar-refractivity contribution is 0.0696. The first-order chi connectivity index (χ1) is 14.9. The van der Waals surface area contributed by atoms with Crippen molar-refractivity contribution in [2.24, 2.45) is 0 Å². The summed E-state index contributed by atoms with van der Waals surface area (Å²) in [6, 6.07) is 7.59. The van der Waals surface area contributed by atoms with Crippen molar-refractivity contribution >= 4 is 57.7 Å². The zero-order valence-electron chi connectivity index (χ0n) is 15.9. The number of halogens is 1. The number of fused-ring (bicyclic) bond motifs is 1. The van der Waals surface area contributed by atoms with Crippen LogP contribution in [0.5, 0.6) is 0 Å². The minimum Gasteiger partial charge on any atom is -0.478 e. The highest BCUT2D eigenvalue weighted by Gasteiger charge is 2.21. The van der Waals surface area contributed by atoms with E-state index in [1.807, 2.05) is 0 Å². The van der Waals surface area contributed by atoms with Gasteiger partial charge in [-0.25, -0.2) is 9.78 Å². The maximum Gasteiger partial charge on any atom is 0.335 e. The van der Waals surface area contributed by atoms with Crippen molar-refractivity contribution in [2.75, 3.05) is 11.9 Å². The molecule has 31 heavy (non-hydrogen) atoms. The molecular formula is C20H16ClN3O5S2. The molecule has 0 fully saturated rings. The second kappa shape index (κ2) is 9.15. The van der Waals surface area contributed by atoms with E-state index in [0.717, 1.165) is 21.9 Å². The number of hydrogen-bond donors (Lipinski definition) is 3. The fraction of sp³-hybridized carbons (Fsp3) is 0.200. The summed E-state index contributed by atoms with van der Waals surface area (Å²) < 4.78 is 5.89. The molecule has 160 valence electrons. The van der Waals surface area contributed by atoms with Gasteiger partial charge in [0.2, 0.25) is 0 Å².